The maximum absolute atomic E-state index is 11.1. The monoisotopic (exact) mass is 238 g/mol. The van der Waals surface area contributed by atoms with Crippen LogP contribution in [0.15, 0.2) is 12.1 Å². The molecule has 1 aliphatic rings. The van der Waals surface area contributed by atoms with E-state index in [1.165, 1.54) is 9.75 Å². The third-order valence-electron chi connectivity index (χ3n) is 3.58. The highest BCUT2D eigenvalue weighted by Gasteiger charge is 2.63. The SMILES string of the molecule is CCCc1ccc([C@H]2[C@H](C(=O)O)C2(C)C)s1. The topological polar surface area (TPSA) is 37.3 Å². The van der Waals surface area contributed by atoms with Gasteiger partial charge in [-0.25, -0.2) is 0 Å². The van der Waals surface area contributed by atoms with Crippen LogP contribution in [0.2, 0.25) is 0 Å². The predicted molar refractivity (Wildman–Crippen MR) is 66.0 cm³/mol. The Bertz CT molecular complexity index is 406. The molecule has 1 fully saturated rings. The zero-order valence-corrected chi connectivity index (χ0v) is 10.8. The molecule has 0 amide bonds. The number of thiophene rings is 1. The smallest absolute Gasteiger partial charge is 0.307 e. The molecule has 1 N–H and O–H groups in total. The van der Waals surface area contributed by atoms with Crippen LogP contribution in [0, 0.1) is 11.3 Å². The second-order valence-electron chi connectivity index (χ2n) is 5.17. The lowest BCUT2D eigenvalue weighted by Crippen LogP contribution is -2.02. The molecule has 1 aliphatic carbocycles. The molecule has 2 nitrogen and oxygen atoms in total. The van der Waals surface area contributed by atoms with Crippen molar-refractivity contribution in [2.24, 2.45) is 11.3 Å². The van der Waals surface area contributed by atoms with E-state index in [4.69, 9.17) is 5.11 Å². The summed E-state index contributed by atoms with van der Waals surface area (Å²) < 4.78 is 0. The third-order valence-corrected chi connectivity index (χ3v) is 4.81. The summed E-state index contributed by atoms with van der Waals surface area (Å²) in [4.78, 5) is 13.7. The maximum atomic E-state index is 11.1. The van der Waals surface area contributed by atoms with Gasteiger partial charge in [-0.05, 0) is 24.0 Å². The Morgan fingerprint density at radius 1 is 1.50 bits per heavy atom. The summed E-state index contributed by atoms with van der Waals surface area (Å²) in [7, 11) is 0. The number of hydrogen-bond donors (Lipinski definition) is 1. The van der Waals surface area contributed by atoms with E-state index in [0.29, 0.717) is 0 Å². The fourth-order valence-electron chi connectivity index (χ4n) is 2.57. The summed E-state index contributed by atoms with van der Waals surface area (Å²) in [6, 6.07) is 4.27. The van der Waals surface area contributed by atoms with Crippen molar-refractivity contribution in [2.45, 2.75) is 39.5 Å². The summed E-state index contributed by atoms with van der Waals surface area (Å²) in [6.45, 7) is 6.27. The summed E-state index contributed by atoms with van der Waals surface area (Å²) in [5, 5.41) is 9.14. The summed E-state index contributed by atoms with van der Waals surface area (Å²) in [6.07, 6.45) is 2.26. The van der Waals surface area contributed by atoms with E-state index in [1.807, 2.05) is 0 Å². The molecule has 1 saturated carbocycles. The Morgan fingerprint density at radius 3 is 2.69 bits per heavy atom. The van der Waals surface area contributed by atoms with Crippen LogP contribution in [0.3, 0.4) is 0 Å². The van der Waals surface area contributed by atoms with Crippen LogP contribution in [0.25, 0.3) is 0 Å². The number of carbonyl (C=O) groups is 1. The highest BCUT2D eigenvalue weighted by atomic mass is 32.1. The van der Waals surface area contributed by atoms with Crippen molar-refractivity contribution in [1.29, 1.82) is 0 Å². The van der Waals surface area contributed by atoms with E-state index in [9.17, 15) is 4.79 Å². The van der Waals surface area contributed by atoms with E-state index >= 15 is 0 Å². The number of aliphatic carboxylic acids is 1. The standard InChI is InChI=1S/C13H18O2S/c1-4-5-8-6-7-9(16-8)10-11(12(14)15)13(10,2)3/h6-7,10-11H,4-5H2,1-3H3,(H,14,15)/t10-,11+/m0/s1. The second-order valence-corrected chi connectivity index (χ2v) is 6.37. The normalized spacial score (nSPS) is 26.7. The average molecular weight is 238 g/mol. The first-order valence-electron chi connectivity index (χ1n) is 5.80. The van der Waals surface area contributed by atoms with Crippen molar-refractivity contribution in [1.82, 2.24) is 0 Å². The molecule has 1 aromatic rings. The Morgan fingerprint density at radius 2 is 2.19 bits per heavy atom. The molecule has 3 heteroatoms. The molecule has 16 heavy (non-hydrogen) atoms. The van der Waals surface area contributed by atoms with Gasteiger partial charge in [-0.3, -0.25) is 4.79 Å². The molecule has 0 aliphatic heterocycles. The summed E-state index contributed by atoms with van der Waals surface area (Å²) in [5.74, 6) is -0.623. The lowest BCUT2D eigenvalue weighted by atomic mass is 10.1. The lowest BCUT2D eigenvalue weighted by Gasteiger charge is -1.98. The quantitative estimate of drug-likeness (QED) is 0.871. The molecule has 0 bridgehead atoms. The number of carboxylic acid groups (broad SMARTS) is 1. The molecule has 0 aromatic carbocycles. The van der Waals surface area contributed by atoms with Gasteiger partial charge >= 0.3 is 5.97 Å². The van der Waals surface area contributed by atoms with Crippen molar-refractivity contribution in [2.75, 3.05) is 0 Å². The molecule has 1 aromatic heterocycles. The molecular formula is C13H18O2S. The average Bonchev–Trinajstić information content (AvgIpc) is 2.57. The molecule has 0 saturated heterocycles. The van der Waals surface area contributed by atoms with E-state index in [1.54, 1.807) is 11.3 Å². The minimum Gasteiger partial charge on any atom is -0.481 e. The van der Waals surface area contributed by atoms with Crippen molar-refractivity contribution in [3.63, 3.8) is 0 Å². The fourth-order valence-corrected chi connectivity index (χ4v) is 4.02. The van der Waals surface area contributed by atoms with Gasteiger partial charge in [0.2, 0.25) is 0 Å². The minimum atomic E-state index is -0.652. The number of aryl methyl sites for hydroxylation is 1. The number of carboxylic acids is 1. The Hall–Kier alpha value is -0.830. The Kier molecular flexibility index (Phi) is 2.82. The van der Waals surface area contributed by atoms with E-state index < -0.39 is 5.97 Å². The van der Waals surface area contributed by atoms with Gasteiger partial charge in [0.25, 0.3) is 0 Å². The van der Waals surface area contributed by atoms with Crippen molar-refractivity contribution < 1.29 is 9.90 Å². The van der Waals surface area contributed by atoms with Crippen LogP contribution in [-0.2, 0) is 11.2 Å². The van der Waals surface area contributed by atoms with E-state index in [0.717, 1.165) is 12.8 Å². The fraction of sp³-hybridized carbons (Fsp3) is 0.615. The van der Waals surface area contributed by atoms with Gasteiger partial charge in [0, 0.05) is 15.7 Å². The molecule has 2 rings (SSSR count). The molecule has 0 unspecified atom stereocenters. The van der Waals surface area contributed by atoms with E-state index in [-0.39, 0.29) is 17.3 Å². The van der Waals surface area contributed by atoms with Gasteiger partial charge in [-0.1, -0.05) is 27.2 Å². The van der Waals surface area contributed by atoms with Gasteiger partial charge in [0.1, 0.15) is 0 Å². The Balaban J connectivity index is 2.17. The molecule has 0 radical (unpaired) electrons. The molecule has 88 valence electrons. The van der Waals surface area contributed by atoms with Crippen molar-refractivity contribution in [3.05, 3.63) is 21.9 Å². The number of hydrogen-bond acceptors (Lipinski definition) is 2. The number of rotatable bonds is 4. The Labute approximate surface area is 100 Å². The first-order chi connectivity index (χ1) is 7.48. The summed E-state index contributed by atoms with van der Waals surface area (Å²) >= 11 is 1.79. The highest BCUT2D eigenvalue weighted by Crippen LogP contribution is 2.65. The first kappa shape index (κ1) is 11.6. The highest BCUT2D eigenvalue weighted by molar-refractivity contribution is 7.12. The van der Waals surface area contributed by atoms with Crippen LogP contribution < -0.4 is 0 Å². The van der Waals surface area contributed by atoms with Gasteiger partial charge in [-0.15, -0.1) is 11.3 Å². The molecule has 1 heterocycles. The predicted octanol–water partition coefficient (Wildman–Crippen LogP) is 3.52. The summed E-state index contributed by atoms with van der Waals surface area (Å²) in [5.41, 5.74) is -0.0693. The van der Waals surface area contributed by atoms with Gasteiger partial charge in [-0.2, -0.15) is 0 Å². The van der Waals surface area contributed by atoms with Crippen LogP contribution in [-0.4, -0.2) is 11.1 Å². The largest absolute Gasteiger partial charge is 0.481 e. The van der Waals surface area contributed by atoms with Gasteiger partial charge in [0.15, 0.2) is 0 Å². The van der Waals surface area contributed by atoms with Crippen molar-refractivity contribution in [3.8, 4) is 0 Å². The second kappa shape index (κ2) is 3.88. The third kappa shape index (κ3) is 1.77. The molecule has 0 spiro atoms. The van der Waals surface area contributed by atoms with Gasteiger partial charge in [0.05, 0.1) is 5.92 Å². The zero-order valence-electron chi connectivity index (χ0n) is 9.99. The molecular weight excluding hydrogens is 220 g/mol. The van der Waals surface area contributed by atoms with Crippen molar-refractivity contribution >= 4 is 17.3 Å². The maximum Gasteiger partial charge on any atom is 0.307 e. The van der Waals surface area contributed by atoms with Crippen LogP contribution in [0.4, 0.5) is 0 Å². The molecule has 2 atom stereocenters. The van der Waals surface area contributed by atoms with Crippen LogP contribution >= 0.6 is 11.3 Å². The van der Waals surface area contributed by atoms with Gasteiger partial charge < -0.3 is 5.11 Å². The minimum absolute atomic E-state index is 0.0693. The lowest BCUT2D eigenvalue weighted by molar-refractivity contribution is -0.139. The van der Waals surface area contributed by atoms with Crippen LogP contribution in [0.5, 0.6) is 0 Å². The van der Waals surface area contributed by atoms with Crippen LogP contribution in [0.1, 0.15) is 42.9 Å². The van der Waals surface area contributed by atoms with E-state index in [2.05, 4.69) is 32.9 Å². The first-order valence-corrected chi connectivity index (χ1v) is 6.61. The zero-order chi connectivity index (χ0) is 11.9.